The molecule has 4 nitrogen and oxygen atoms in total. The number of benzene rings is 1. The zero-order chi connectivity index (χ0) is 12.6. The SMILES string of the molecule is O=C(O)C(O)c1cc(F)cc(Br)c1OC1CC1. The van der Waals surface area contributed by atoms with Gasteiger partial charge in [0, 0.05) is 5.56 Å². The molecule has 1 unspecified atom stereocenters. The number of halogens is 2. The van der Waals surface area contributed by atoms with E-state index in [0.29, 0.717) is 4.47 Å². The molecule has 1 aromatic rings. The Balaban J connectivity index is 2.41. The van der Waals surface area contributed by atoms with Gasteiger partial charge in [-0.05, 0) is 40.9 Å². The maximum atomic E-state index is 13.2. The maximum absolute atomic E-state index is 13.2. The van der Waals surface area contributed by atoms with Gasteiger partial charge in [0.15, 0.2) is 6.10 Å². The van der Waals surface area contributed by atoms with E-state index < -0.39 is 17.9 Å². The fraction of sp³-hybridized carbons (Fsp3) is 0.364. The van der Waals surface area contributed by atoms with E-state index in [9.17, 15) is 14.3 Å². The first kappa shape index (κ1) is 12.3. The van der Waals surface area contributed by atoms with Crippen LogP contribution in [0.25, 0.3) is 0 Å². The zero-order valence-corrected chi connectivity index (χ0v) is 10.3. The number of aliphatic carboxylic acids is 1. The third-order valence-corrected chi connectivity index (χ3v) is 2.96. The normalized spacial score (nSPS) is 16.6. The first-order chi connectivity index (χ1) is 7.99. The number of hydrogen-bond acceptors (Lipinski definition) is 3. The van der Waals surface area contributed by atoms with E-state index in [1.54, 1.807) is 0 Å². The third kappa shape index (κ3) is 2.76. The molecule has 1 saturated carbocycles. The van der Waals surface area contributed by atoms with Crippen molar-refractivity contribution in [2.75, 3.05) is 0 Å². The summed E-state index contributed by atoms with van der Waals surface area (Å²) in [6, 6.07) is 2.15. The summed E-state index contributed by atoms with van der Waals surface area (Å²) < 4.78 is 19.0. The van der Waals surface area contributed by atoms with Crippen molar-refractivity contribution in [2.45, 2.75) is 25.0 Å². The third-order valence-electron chi connectivity index (χ3n) is 2.37. The van der Waals surface area contributed by atoms with Crippen molar-refractivity contribution in [1.82, 2.24) is 0 Å². The molecule has 0 spiro atoms. The zero-order valence-electron chi connectivity index (χ0n) is 8.69. The Morgan fingerprint density at radius 2 is 2.18 bits per heavy atom. The summed E-state index contributed by atoms with van der Waals surface area (Å²) in [5.41, 5.74) is -0.0729. The smallest absolute Gasteiger partial charge is 0.337 e. The molecule has 0 aromatic heterocycles. The minimum atomic E-state index is -1.80. The van der Waals surface area contributed by atoms with Gasteiger partial charge < -0.3 is 14.9 Å². The van der Waals surface area contributed by atoms with Crippen molar-refractivity contribution in [3.63, 3.8) is 0 Å². The van der Waals surface area contributed by atoms with Gasteiger partial charge in [-0.3, -0.25) is 0 Å². The summed E-state index contributed by atoms with van der Waals surface area (Å²) in [4.78, 5) is 10.7. The lowest BCUT2D eigenvalue weighted by atomic mass is 10.1. The second-order valence-electron chi connectivity index (χ2n) is 3.86. The van der Waals surface area contributed by atoms with Crippen molar-refractivity contribution >= 4 is 21.9 Å². The molecule has 6 heteroatoms. The monoisotopic (exact) mass is 304 g/mol. The van der Waals surface area contributed by atoms with E-state index in [1.165, 1.54) is 6.07 Å². The van der Waals surface area contributed by atoms with Crippen molar-refractivity contribution in [1.29, 1.82) is 0 Å². The standard InChI is InChI=1S/C11H10BrFO4/c12-8-4-5(13)3-7(9(14)11(15)16)10(8)17-6-1-2-6/h3-4,6,9,14H,1-2H2,(H,15,16). The van der Waals surface area contributed by atoms with Crippen LogP contribution < -0.4 is 4.74 Å². The summed E-state index contributed by atoms with van der Waals surface area (Å²) in [6.07, 6.45) is -0.00831. The van der Waals surface area contributed by atoms with E-state index in [-0.39, 0.29) is 17.4 Å². The van der Waals surface area contributed by atoms with Gasteiger partial charge in [-0.25, -0.2) is 9.18 Å². The van der Waals surface area contributed by atoms with Crippen LogP contribution in [0.2, 0.25) is 0 Å². The predicted molar refractivity (Wildman–Crippen MR) is 60.3 cm³/mol. The highest BCUT2D eigenvalue weighted by Crippen LogP contribution is 2.38. The van der Waals surface area contributed by atoms with Crippen molar-refractivity contribution in [3.05, 3.63) is 28.0 Å². The lowest BCUT2D eigenvalue weighted by molar-refractivity contribution is -0.147. The summed E-state index contributed by atoms with van der Waals surface area (Å²) in [7, 11) is 0. The Hall–Kier alpha value is -1.14. The molecular weight excluding hydrogens is 295 g/mol. The van der Waals surface area contributed by atoms with Gasteiger partial charge in [0.1, 0.15) is 11.6 Å². The lowest BCUT2D eigenvalue weighted by Crippen LogP contribution is -2.13. The Morgan fingerprint density at radius 3 is 2.71 bits per heavy atom. The molecule has 1 aromatic carbocycles. The van der Waals surface area contributed by atoms with Crippen molar-refractivity contribution in [3.8, 4) is 5.75 Å². The van der Waals surface area contributed by atoms with E-state index in [1.807, 2.05) is 0 Å². The number of carboxylic acids is 1. The molecule has 1 atom stereocenters. The molecule has 17 heavy (non-hydrogen) atoms. The highest BCUT2D eigenvalue weighted by Gasteiger charge is 2.29. The van der Waals surface area contributed by atoms with Crippen molar-refractivity contribution < 1.29 is 24.1 Å². The number of carbonyl (C=O) groups is 1. The Bertz CT molecular complexity index is 459. The Kier molecular flexibility index (Phi) is 3.35. The molecule has 1 aliphatic carbocycles. The molecule has 0 radical (unpaired) electrons. The van der Waals surface area contributed by atoms with Crippen LogP contribution in [-0.2, 0) is 4.79 Å². The minimum Gasteiger partial charge on any atom is -0.489 e. The van der Waals surface area contributed by atoms with Gasteiger partial charge in [0.05, 0.1) is 10.6 Å². The van der Waals surface area contributed by atoms with Gasteiger partial charge in [0.2, 0.25) is 0 Å². The highest BCUT2D eigenvalue weighted by atomic mass is 79.9. The van der Waals surface area contributed by atoms with Crippen LogP contribution in [0.15, 0.2) is 16.6 Å². The van der Waals surface area contributed by atoms with Crippen LogP contribution in [-0.4, -0.2) is 22.3 Å². The van der Waals surface area contributed by atoms with Crippen LogP contribution in [0.5, 0.6) is 5.75 Å². The number of rotatable bonds is 4. The highest BCUT2D eigenvalue weighted by molar-refractivity contribution is 9.10. The second kappa shape index (κ2) is 4.62. The molecule has 0 bridgehead atoms. The van der Waals surface area contributed by atoms with Gasteiger partial charge in [0.25, 0.3) is 0 Å². The topological polar surface area (TPSA) is 66.8 Å². The molecule has 92 valence electrons. The average molecular weight is 305 g/mol. The summed E-state index contributed by atoms with van der Waals surface area (Å²) >= 11 is 3.10. The van der Waals surface area contributed by atoms with Crippen molar-refractivity contribution in [2.24, 2.45) is 0 Å². The summed E-state index contributed by atoms with van der Waals surface area (Å²) in [6.45, 7) is 0. The van der Waals surface area contributed by atoms with E-state index >= 15 is 0 Å². The van der Waals surface area contributed by atoms with Crippen LogP contribution >= 0.6 is 15.9 Å². The number of carboxylic acid groups (broad SMARTS) is 1. The summed E-state index contributed by atoms with van der Waals surface area (Å²) in [5, 5.41) is 18.2. The first-order valence-electron chi connectivity index (χ1n) is 5.05. The Labute approximate surface area is 105 Å². The summed E-state index contributed by atoms with van der Waals surface area (Å²) in [5.74, 6) is -1.87. The average Bonchev–Trinajstić information content (AvgIpc) is 3.04. The van der Waals surface area contributed by atoms with Gasteiger partial charge >= 0.3 is 5.97 Å². The molecule has 2 N–H and O–H groups in total. The van der Waals surface area contributed by atoms with Crippen LogP contribution in [0, 0.1) is 5.82 Å². The van der Waals surface area contributed by atoms with Gasteiger partial charge in [-0.15, -0.1) is 0 Å². The molecule has 0 aliphatic heterocycles. The number of aliphatic hydroxyl groups excluding tert-OH is 1. The fourth-order valence-corrected chi connectivity index (χ4v) is 1.93. The van der Waals surface area contributed by atoms with E-state index in [4.69, 9.17) is 9.84 Å². The molecule has 2 rings (SSSR count). The quantitative estimate of drug-likeness (QED) is 0.895. The second-order valence-corrected chi connectivity index (χ2v) is 4.72. The molecular formula is C11H10BrFO4. The number of aliphatic hydroxyl groups is 1. The lowest BCUT2D eigenvalue weighted by Gasteiger charge is -2.15. The van der Waals surface area contributed by atoms with Crippen LogP contribution in [0.1, 0.15) is 24.5 Å². The van der Waals surface area contributed by atoms with Gasteiger partial charge in [-0.2, -0.15) is 0 Å². The first-order valence-corrected chi connectivity index (χ1v) is 5.85. The predicted octanol–water partition coefficient (Wildman–Crippen LogP) is 2.25. The van der Waals surface area contributed by atoms with E-state index in [0.717, 1.165) is 18.9 Å². The van der Waals surface area contributed by atoms with Crippen LogP contribution in [0.4, 0.5) is 4.39 Å². The molecule has 1 aliphatic rings. The Morgan fingerprint density at radius 1 is 1.53 bits per heavy atom. The molecule has 0 heterocycles. The maximum Gasteiger partial charge on any atom is 0.337 e. The van der Waals surface area contributed by atoms with E-state index in [2.05, 4.69) is 15.9 Å². The number of ether oxygens (including phenoxy) is 1. The van der Waals surface area contributed by atoms with Gasteiger partial charge in [-0.1, -0.05) is 0 Å². The molecule has 0 saturated heterocycles. The fourth-order valence-electron chi connectivity index (χ4n) is 1.39. The minimum absolute atomic E-state index is 0.0245. The molecule has 0 amide bonds. The van der Waals surface area contributed by atoms with Crippen LogP contribution in [0.3, 0.4) is 0 Å². The molecule has 1 fully saturated rings. The largest absolute Gasteiger partial charge is 0.489 e. The number of hydrogen-bond donors (Lipinski definition) is 2.